The quantitative estimate of drug-likeness (QED) is 0.388. The highest BCUT2D eigenvalue weighted by Crippen LogP contribution is 2.34. The maximum atomic E-state index is 12.0. The average molecular weight is 489 g/mol. The summed E-state index contributed by atoms with van der Waals surface area (Å²) in [5.74, 6) is -2.69. The molecule has 5 atom stereocenters. The van der Waals surface area contributed by atoms with Gasteiger partial charge in [-0.3, -0.25) is 19.2 Å². The van der Waals surface area contributed by atoms with E-state index in [9.17, 15) is 19.2 Å². The molecule has 35 heavy (non-hydrogen) atoms. The zero-order valence-corrected chi connectivity index (χ0v) is 19.8. The first-order valence-electron chi connectivity index (χ1n) is 10.9. The third kappa shape index (κ3) is 7.09. The van der Waals surface area contributed by atoms with Gasteiger partial charge >= 0.3 is 23.9 Å². The molecule has 12 heteroatoms. The molecule has 0 unspecified atom stereocenters. The van der Waals surface area contributed by atoms with E-state index in [1.165, 1.54) is 18.5 Å². The van der Waals surface area contributed by atoms with E-state index >= 15 is 0 Å². The molecular weight excluding hydrogens is 462 g/mol. The molecule has 2 heterocycles. The summed E-state index contributed by atoms with van der Waals surface area (Å²) in [6.07, 6.45) is -3.87. The number of ether oxygens (including phenoxy) is 5. The van der Waals surface area contributed by atoms with Gasteiger partial charge in [0.05, 0.1) is 11.9 Å². The molecule has 0 saturated carbocycles. The Balaban J connectivity index is 1.98. The third-order valence-electron chi connectivity index (χ3n) is 5.01. The van der Waals surface area contributed by atoms with E-state index in [1.54, 1.807) is 6.20 Å². The number of carbonyl (C=O) groups excluding carboxylic acids is 4. The fraction of sp³-hybridized carbons (Fsp3) is 0.478. The Bertz CT molecular complexity index is 1060. The Kier molecular flexibility index (Phi) is 8.53. The molecule has 12 nitrogen and oxygen atoms in total. The van der Waals surface area contributed by atoms with Crippen LogP contribution in [0.1, 0.15) is 45.2 Å². The van der Waals surface area contributed by atoms with Gasteiger partial charge in [-0.15, -0.1) is 5.10 Å². The number of nitrogens with zero attached hydrogens (tertiary/aromatic N) is 3. The fourth-order valence-electron chi connectivity index (χ4n) is 3.74. The van der Waals surface area contributed by atoms with Crippen LogP contribution in [0.15, 0.2) is 36.5 Å². The van der Waals surface area contributed by atoms with Crippen LogP contribution in [0.3, 0.4) is 0 Å². The van der Waals surface area contributed by atoms with Crippen LogP contribution in [0.2, 0.25) is 0 Å². The Hall–Kier alpha value is -3.80. The van der Waals surface area contributed by atoms with E-state index in [-0.39, 0.29) is 6.61 Å². The van der Waals surface area contributed by atoms with Crippen LogP contribution < -0.4 is 0 Å². The first-order valence-corrected chi connectivity index (χ1v) is 10.9. The van der Waals surface area contributed by atoms with Crippen molar-refractivity contribution < 1.29 is 42.9 Å². The molecule has 1 saturated heterocycles. The maximum absolute atomic E-state index is 12.0. The number of rotatable bonds is 8. The number of hydrogen-bond donors (Lipinski definition) is 0. The second-order valence-corrected chi connectivity index (χ2v) is 7.94. The van der Waals surface area contributed by atoms with Crippen LogP contribution in [-0.4, -0.2) is 69.9 Å². The Labute approximate surface area is 201 Å². The molecule has 1 aliphatic rings. The molecule has 1 aliphatic heterocycles. The lowest BCUT2D eigenvalue weighted by Gasteiger charge is -2.44. The van der Waals surface area contributed by atoms with Gasteiger partial charge in [0.15, 0.2) is 24.5 Å². The van der Waals surface area contributed by atoms with Crippen molar-refractivity contribution in [2.24, 2.45) is 0 Å². The minimum atomic E-state index is -1.28. The lowest BCUT2D eigenvalue weighted by molar-refractivity contribution is -0.270. The van der Waals surface area contributed by atoms with Crippen LogP contribution in [-0.2, 0) is 49.3 Å². The molecule has 3 rings (SSSR count). The molecule has 0 spiro atoms. The number of benzene rings is 1. The van der Waals surface area contributed by atoms with Gasteiger partial charge < -0.3 is 23.7 Å². The van der Waals surface area contributed by atoms with E-state index < -0.39 is 54.5 Å². The van der Waals surface area contributed by atoms with Crippen LogP contribution in [0, 0.1) is 0 Å². The van der Waals surface area contributed by atoms with E-state index in [0.29, 0.717) is 12.1 Å². The van der Waals surface area contributed by atoms with Crippen LogP contribution in [0.25, 0.3) is 0 Å². The molecule has 188 valence electrons. The predicted octanol–water partition coefficient (Wildman–Crippen LogP) is 1.12. The third-order valence-corrected chi connectivity index (χ3v) is 5.01. The molecule has 2 aromatic rings. The Morgan fingerprint density at radius 2 is 1.46 bits per heavy atom. The molecular formula is C23H27N3O9. The van der Waals surface area contributed by atoms with Crippen molar-refractivity contribution in [2.45, 2.75) is 64.8 Å². The van der Waals surface area contributed by atoms with E-state index in [0.717, 1.165) is 19.4 Å². The van der Waals surface area contributed by atoms with Gasteiger partial charge in [-0.2, -0.15) is 0 Å². The topological polar surface area (TPSA) is 145 Å². The predicted molar refractivity (Wildman–Crippen MR) is 116 cm³/mol. The second kappa shape index (κ2) is 11.6. The standard InChI is InChI=1S/C23H27N3O9/c1-13(27)31-12-19-20(32-14(2)28)21(33-15(3)29)22(34-16(4)30)23(35-19)26-11-18(24-25-26)10-17-8-6-5-7-9-17/h5-9,11,19-23H,10,12H2,1-4H3/t19-,20+,21+,22-,23-/m1/s1. The number of aromatic nitrogens is 3. The summed E-state index contributed by atoms with van der Waals surface area (Å²) in [5, 5.41) is 8.28. The van der Waals surface area contributed by atoms with Crippen molar-refractivity contribution >= 4 is 23.9 Å². The van der Waals surface area contributed by atoms with Crippen molar-refractivity contribution in [1.82, 2.24) is 15.0 Å². The van der Waals surface area contributed by atoms with Gasteiger partial charge in [0.2, 0.25) is 0 Å². The SMILES string of the molecule is CC(=O)OC[C@H]1O[C@@H](n2cc(Cc3ccccc3)nn2)[C@H](OC(C)=O)[C@@H](OC(C)=O)[C@H]1OC(C)=O. The van der Waals surface area contributed by atoms with E-state index in [1.807, 2.05) is 30.3 Å². The Morgan fingerprint density at radius 1 is 0.857 bits per heavy atom. The average Bonchev–Trinajstić information content (AvgIpc) is 3.23. The van der Waals surface area contributed by atoms with Gasteiger partial charge in [-0.05, 0) is 5.56 Å². The minimum Gasteiger partial charge on any atom is -0.463 e. The van der Waals surface area contributed by atoms with Crippen molar-refractivity contribution in [3.63, 3.8) is 0 Å². The highest BCUT2D eigenvalue weighted by atomic mass is 16.7. The smallest absolute Gasteiger partial charge is 0.303 e. The summed E-state index contributed by atoms with van der Waals surface area (Å²) in [6, 6.07) is 9.58. The molecule has 0 radical (unpaired) electrons. The van der Waals surface area contributed by atoms with Crippen molar-refractivity contribution in [3.05, 3.63) is 47.8 Å². The van der Waals surface area contributed by atoms with Gasteiger partial charge in [-0.1, -0.05) is 35.5 Å². The van der Waals surface area contributed by atoms with E-state index in [2.05, 4.69) is 10.3 Å². The summed E-state index contributed by atoms with van der Waals surface area (Å²) in [5.41, 5.74) is 1.60. The van der Waals surface area contributed by atoms with Crippen LogP contribution >= 0.6 is 0 Å². The molecule has 1 fully saturated rings. The van der Waals surface area contributed by atoms with Gasteiger partial charge in [-0.25, -0.2) is 4.68 Å². The largest absolute Gasteiger partial charge is 0.463 e. The lowest BCUT2D eigenvalue weighted by Crippen LogP contribution is -2.60. The number of esters is 4. The zero-order chi connectivity index (χ0) is 25.5. The van der Waals surface area contributed by atoms with Crippen LogP contribution in [0.5, 0.6) is 0 Å². The summed E-state index contributed by atoms with van der Waals surface area (Å²) in [7, 11) is 0. The first kappa shape index (κ1) is 25.8. The molecule has 0 bridgehead atoms. The normalized spacial score (nSPS) is 23.7. The summed E-state index contributed by atoms with van der Waals surface area (Å²) in [4.78, 5) is 47.2. The van der Waals surface area contributed by atoms with Gasteiger partial charge in [0.1, 0.15) is 12.7 Å². The molecule has 0 amide bonds. The molecule has 1 aromatic heterocycles. The highest BCUT2D eigenvalue weighted by Gasteiger charge is 2.53. The van der Waals surface area contributed by atoms with Gasteiger partial charge in [0.25, 0.3) is 0 Å². The van der Waals surface area contributed by atoms with Gasteiger partial charge in [0, 0.05) is 34.1 Å². The highest BCUT2D eigenvalue weighted by molar-refractivity contribution is 5.68. The summed E-state index contributed by atoms with van der Waals surface area (Å²) < 4.78 is 28.7. The summed E-state index contributed by atoms with van der Waals surface area (Å²) >= 11 is 0. The molecule has 0 N–H and O–H groups in total. The first-order chi connectivity index (χ1) is 16.6. The fourth-order valence-corrected chi connectivity index (χ4v) is 3.74. The zero-order valence-electron chi connectivity index (χ0n) is 19.8. The van der Waals surface area contributed by atoms with E-state index in [4.69, 9.17) is 23.7 Å². The number of hydrogen-bond acceptors (Lipinski definition) is 11. The Morgan fingerprint density at radius 3 is 2.06 bits per heavy atom. The van der Waals surface area contributed by atoms with Crippen molar-refractivity contribution in [2.75, 3.05) is 6.61 Å². The molecule has 1 aromatic carbocycles. The second-order valence-electron chi connectivity index (χ2n) is 7.94. The number of carbonyl (C=O) groups is 4. The maximum Gasteiger partial charge on any atom is 0.303 e. The lowest BCUT2D eigenvalue weighted by atomic mass is 9.97. The molecule has 0 aliphatic carbocycles. The minimum absolute atomic E-state index is 0.320. The summed E-state index contributed by atoms with van der Waals surface area (Å²) in [6.45, 7) is 4.39. The monoisotopic (exact) mass is 489 g/mol. The van der Waals surface area contributed by atoms with Crippen LogP contribution in [0.4, 0.5) is 0 Å². The van der Waals surface area contributed by atoms with Crippen molar-refractivity contribution in [3.8, 4) is 0 Å². The van der Waals surface area contributed by atoms with Crippen molar-refractivity contribution in [1.29, 1.82) is 0 Å².